The molecule has 7 atom stereocenters. The zero-order valence-corrected chi connectivity index (χ0v) is 20.2. The lowest BCUT2D eigenvalue weighted by atomic mass is 9.47. The summed E-state index contributed by atoms with van der Waals surface area (Å²) in [4.78, 5) is 17.9. The van der Waals surface area contributed by atoms with Crippen LogP contribution < -0.4 is 5.32 Å². The van der Waals surface area contributed by atoms with E-state index in [1.54, 1.807) is 0 Å². The molecule has 0 bridgehead atoms. The van der Waals surface area contributed by atoms with Crippen LogP contribution >= 0.6 is 0 Å². The number of amides is 1. The Bertz CT molecular complexity index is 1090. The van der Waals surface area contributed by atoms with Crippen LogP contribution in [0.1, 0.15) is 76.2 Å². The van der Waals surface area contributed by atoms with Crippen LogP contribution in [0, 0.1) is 46.1 Å². The molecule has 0 spiro atoms. The number of imidazole rings is 1. The van der Waals surface area contributed by atoms with Gasteiger partial charge in [0.05, 0.1) is 0 Å². The van der Waals surface area contributed by atoms with Crippen molar-refractivity contribution in [1.82, 2.24) is 14.9 Å². The molecule has 4 aliphatic rings. The fourth-order valence-corrected chi connectivity index (χ4v) is 8.88. The second-order valence-electron chi connectivity index (χ2n) is 11.8. The predicted molar refractivity (Wildman–Crippen MR) is 126 cm³/mol. The van der Waals surface area contributed by atoms with Crippen LogP contribution in [0.4, 0.5) is 8.78 Å². The van der Waals surface area contributed by atoms with Crippen molar-refractivity contribution in [3.05, 3.63) is 53.6 Å². The monoisotopic (exact) mass is 467 g/mol. The van der Waals surface area contributed by atoms with E-state index in [1.807, 2.05) is 6.20 Å². The number of carbonyl (C=O) groups is 1. The van der Waals surface area contributed by atoms with Crippen LogP contribution in [-0.2, 0) is 17.8 Å². The molecule has 1 amide bonds. The first-order chi connectivity index (χ1) is 16.3. The third kappa shape index (κ3) is 3.12. The molecule has 2 aromatic rings. The number of fused-ring (bicyclic) bond motifs is 7. The Hall–Kier alpha value is -2.24. The number of aryl methyl sites for hydroxylation is 1. The van der Waals surface area contributed by atoms with E-state index in [0.29, 0.717) is 29.2 Å². The fraction of sp³-hybridized carbons (Fsp3) is 0.643. The van der Waals surface area contributed by atoms with Gasteiger partial charge in [0.25, 0.3) is 0 Å². The fourth-order valence-electron chi connectivity index (χ4n) is 8.88. The van der Waals surface area contributed by atoms with E-state index in [-0.39, 0.29) is 29.3 Å². The molecular formula is C28H35F2N3O. The summed E-state index contributed by atoms with van der Waals surface area (Å²) >= 11 is 0. The molecule has 182 valence electrons. The van der Waals surface area contributed by atoms with E-state index >= 15 is 0 Å². The van der Waals surface area contributed by atoms with E-state index < -0.39 is 11.6 Å². The summed E-state index contributed by atoms with van der Waals surface area (Å²) in [6.45, 7) is 4.74. The van der Waals surface area contributed by atoms with Gasteiger partial charge in [-0.25, -0.2) is 13.8 Å². The van der Waals surface area contributed by atoms with Gasteiger partial charge in [0.2, 0.25) is 5.91 Å². The summed E-state index contributed by atoms with van der Waals surface area (Å²) in [5.74, 6) is 1.82. The minimum Gasteiger partial charge on any atom is -0.352 e. The number of aromatic nitrogens is 2. The Morgan fingerprint density at radius 2 is 1.82 bits per heavy atom. The molecule has 1 aromatic carbocycles. The molecule has 1 aliphatic heterocycles. The predicted octanol–water partition coefficient (Wildman–Crippen LogP) is 5.82. The van der Waals surface area contributed by atoms with Crippen molar-refractivity contribution in [1.29, 1.82) is 0 Å². The smallest absolute Gasteiger partial charge is 0.223 e. The highest BCUT2D eigenvalue weighted by Gasteiger charge is 2.61. The lowest BCUT2D eigenvalue weighted by molar-refractivity contribution is -0.135. The molecule has 3 aliphatic carbocycles. The van der Waals surface area contributed by atoms with E-state index in [4.69, 9.17) is 0 Å². The largest absolute Gasteiger partial charge is 0.352 e. The van der Waals surface area contributed by atoms with Crippen molar-refractivity contribution in [3.8, 4) is 0 Å². The molecule has 0 saturated heterocycles. The number of halogens is 2. The molecular weight excluding hydrogens is 432 g/mol. The highest BCUT2D eigenvalue weighted by Crippen LogP contribution is 2.67. The van der Waals surface area contributed by atoms with Crippen LogP contribution in [-0.4, -0.2) is 15.5 Å². The molecule has 1 aromatic heterocycles. The average molecular weight is 468 g/mol. The first-order valence-corrected chi connectivity index (χ1v) is 13.1. The van der Waals surface area contributed by atoms with Crippen LogP contribution in [0.25, 0.3) is 0 Å². The van der Waals surface area contributed by atoms with Crippen LogP contribution in [0.5, 0.6) is 0 Å². The Kier molecular flexibility index (Phi) is 5.16. The Morgan fingerprint density at radius 3 is 2.62 bits per heavy atom. The maximum Gasteiger partial charge on any atom is 0.223 e. The average Bonchev–Trinajstić information content (AvgIpc) is 3.42. The minimum absolute atomic E-state index is 0.0307. The van der Waals surface area contributed by atoms with Crippen molar-refractivity contribution in [2.24, 2.45) is 34.5 Å². The Balaban J connectivity index is 1.20. The topological polar surface area (TPSA) is 46.9 Å². The van der Waals surface area contributed by atoms with Gasteiger partial charge in [0.15, 0.2) is 0 Å². The van der Waals surface area contributed by atoms with E-state index in [0.717, 1.165) is 25.7 Å². The number of nitrogens with zero attached hydrogens (tertiary/aromatic N) is 2. The zero-order valence-electron chi connectivity index (χ0n) is 20.2. The quantitative estimate of drug-likeness (QED) is 0.618. The SMILES string of the molecule is C[C@]12CC[C@H]3[C@@H](CCC4n5ccnc5CC[C@@]43C)[C@@H]1CC[C@@H]2C(=O)NCc1c(F)cccc1F. The second-order valence-corrected chi connectivity index (χ2v) is 11.8. The van der Waals surface area contributed by atoms with Gasteiger partial charge in [-0.05, 0) is 85.7 Å². The van der Waals surface area contributed by atoms with Crippen LogP contribution in [0.15, 0.2) is 30.6 Å². The molecule has 3 fully saturated rings. The summed E-state index contributed by atoms with van der Waals surface area (Å²) < 4.78 is 30.6. The third-order valence-corrected chi connectivity index (χ3v) is 10.6. The van der Waals surface area contributed by atoms with Gasteiger partial charge in [-0.3, -0.25) is 4.79 Å². The molecule has 6 heteroatoms. The van der Waals surface area contributed by atoms with Gasteiger partial charge in [0.1, 0.15) is 17.5 Å². The molecule has 0 radical (unpaired) electrons. The normalized spacial score (nSPS) is 38.4. The molecule has 2 heterocycles. The molecule has 4 nitrogen and oxygen atoms in total. The number of hydrogen-bond donors (Lipinski definition) is 1. The van der Waals surface area contributed by atoms with Gasteiger partial charge in [-0.15, -0.1) is 0 Å². The minimum atomic E-state index is -0.602. The highest BCUT2D eigenvalue weighted by atomic mass is 19.1. The summed E-state index contributed by atoms with van der Waals surface area (Å²) in [5.41, 5.74) is 0.208. The van der Waals surface area contributed by atoms with Crippen LogP contribution in [0.3, 0.4) is 0 Å². The van der Waals surface area contributed by atoms with Crippen LogP contribution in [0.2, 0.25) is 0 Å². The summed E-state index contributed by atoms with van der Waals surface area (Å²) in [5, 5.41) is 2.88. The molecule has 34 heavy (non-hydrogen) atoms. The molecule has 1 unspecified atom stereocenters. The lowest BCUT2D eigenvalue weighted by Gasteiger charge is -2.60. The second kappa shape index (κ2) is 7.89. The van der Waals surface area contributed by atoms with Gasteiger partial charge in [-0.2, -0.15) is 0 Å². The van der Waals surface area contributed by atoms with Crippen molar-refractivity contribution in [2.75, 3.05) is 0 Å². The number of rotatable bonds is 3. The van der Waals surface area contributed by atoms with Crippen molar-refractivity contribution >= 4 is 5.91 Å². The molecule has 1 N–H and O–H groups in total. The molecule has 3 saturated carbocycles. The number of carbonyl (C=O) groups excluding carboxylic acids is 1. The van der Waals surface area contributed by atoms with Gasteiger partial charge in [0, 0.05) is 42.9 Å². The van der Waals surface area contributed by atoms with Gasteiger partial charge < -0.3 is 9.88 Å². The van der Waals surface area contributed by atoms with E-state index in [9.17, 15) is 13.6 Å². The third-order valence-electron chi connectivity index (χ3n) is 10.6. The van der Waals surface area contributed by atoms with E-state index in [2.05, 4.69) is 34.9 Å². The zero-order chi connectivity index (χ0) is 23.7. The maximum atomic E-state index is 14.1. The summed E-state index contributed by atoms with van der Waals surface area (Å²) in [7, 11) is 0. The summed E-state index contributed by atoms with van der Waals surface area (Å²) in [6.07, 6.45) is 13.0. The standard InChI is InChI=1S/C28H35F2N3O/c1-27-12-10-20-17(6-9-24-28(20,2)13-11-25-31-14-15-33(24)25)19(27)7-8-21(27)26(34)32-16-18-22(29)4-3-5-23(18)30/h3-5,14-15,17,19-21,24H,6-13,16H2,1-2H3,(H,32,34)/t17-,19-,20-,21+,24?,27-,28+/m0/s1. The van der Waals surface area contributed by atoms with E-state index in [1.165, 1.54) is 49.7 Å². The number of hydrogen-bond acceptors (Lipinski definition) is 2. The van der Waals surface area contributed by atoms with Crippen molar-refractivity contribution in [3.63, 3.8) is 0 Å². The summed E-state index contributed by atoms with van der Waals surface area (Å²) in [6, 6.07) is 4.38. The maximum absolute atomic E-state index is 14.1. The van der Waals surface area contributed by atoms with Crippen molar-refractivity contribution in [2.45, 2.75) is 77.8 Å². The Labute approximate surface area is 200 Å². The number of nitrogens with one attached hydrogen (secondary N) is 1. The van der Waals surface area contributed by atoms with Crippen molar-refractivity contribution < 1.29 is 13.6 Å². The lowest BCUT2D eigenvalue weighted by Crippen LogP contribution is -2.54. The first-order valence-electron chi connectivity index (χ1n) is 13.1. The first kappa shape index (κ1) is 22.2. The molecule has 6 rings (SSSR count). The highest BCUT2D eigenvalue weighted by molar-refractivity contribution is 5.80. The van der Waals surface area contributed by atoms with Gasteiger partial charge in [-0.1, -0.05) is 19.9 Å². The van der Waals surface area contributed by atoms with Gasteiger partial charge >= 0.3 is 0 Å². The number of benzene rings is 1. The Morgan fingerprint density at radius 1 is 1.06 bits per heavy atom.